The van der Waals surface area contributed by atoms with E-state index in [1.165, 1.54) is 31.0 Å². The molecule has 1 aliphatic heterocycles. The summed E-state index contributed by atoms with van der Waals surface area (Å²) in [6.07, 6.45) is 1.54. The van der Waals surface area contributed by atoms with Crippen LogP contribution in [0.5, 0.6) is 5.75 Å². The van der Waals surface area contributed by atoms with Crippen LogP contribution < -0.4 is 20.4 Å². The summed E-state index contributed by atoms with van der Waals surface area (Å²) in [5.74, 6) is -0.730. The van der Waals surface area contributed by atoms with Crippen molar-refractivity contribution in [3.63, 3.8) is 0 Å². The number of ether oxygens (including phenoxy) is 1. The summed E-state index contributed by atoms with van der Waals surface area (Å²) < 4.78 is 20.8. The van der Waals surface area contributed by atoms with Crippen LogP contribution in [0.25, 0.3) is 0 Å². The molecular weight excluding hydrogens is 423 g/mol. The molecule has 0 spiro atoms. The third-order valence-electron chi connectivity index (χ3n) is 5.74. The van der Waals surface area contributed by atoms with Crippen LogP contribution in [-0.2, 0) is 17.9 Å². The molecule has 7 nitrogen and oxygen atoms in total. The van der Waals surface area contributed by atoms with Gasteiger partial charge in [0, 0.05) is 50.2 Å². The number of nitrogens with one attached hydrogen (secondary N) is 1. The van der Waals surface area contributed by atoms with Crippen molar-refractivity contribution < 1.29 is 13.9 Å². The number of hydrogen-bond donors (Lipinski definition) is 1. The van der Waals surface area contributed by atoms with Crippen molar-refractivity contribution in [1.82, 2.24) is 9.47 Å². The lowest BCUT2D eigenvalue weighted by Gasteiger charge is -2.36. The highest BCUT2D eigenvalue weighted by atomic mass is 19.1. The number of hydrogen-bond acceptors (Lipinski definition) is 5. The number of amides is 1. The van der Waals surface area contributed by atoms with E-state index in [1.807, 2.05) is 18.2 Å². The van der Waals surface area contributed by atoms with Gasteiger partial charge in [-0.15, -0.1) is 0 Å². The molecule has 2 heterocycles. The Kier molecular flexibility index (Phi) is 7.04. The fraction of sp³-hybridized carbons (Fsp3) is 0.280. The van der Waals surface area contributed by atoms with Gasteiger partial charge in [-0.1, -0.05) is 30.3 Å². The minimum atomic E-state index is -0.500. The Balaban J connectivity index is 1.46. The molecular formula is C25H27FN4O3. The molecule has 4 rings (SSSR count). The molecule has 172 valence electrons. The molecule has 2 aromatic carbocycles. The predicted octanol–water partition coefficient (Wildman–Crippen LogP) is 2.96. The molecule has 0 aliphatic carbocycles. The van der Waals surface area contributed by atoms with Gasteiger partial charge in [0.2, 0.25) is 11.3 Å². The second-order valence-electron chi connectivity index (χ2n) is 7.95. The molecule has 0 bridgehead atoms. The number of methoxy groups -OCH3 is 1. The quantitative estimate of drug-likeness (QED) is 0.600. The van der Waals surface area contributed by atoms with E-state index in [2.05, 4.69) is 27.2 Å². The zero-order chi connectivity index (χ0) is 23.2. The Morgan fingerprint density at radius 2 is 1.73 bits per heavy atom. The molecule has 1 saturated heterocycles. The Morgan fingerprint density at radius 1 is 1.03 bits per heavy atom. The van der Waals surface area contributed by atoms with Crippen molar-refractivity contribution in [2.45, 2.75) is 13.1 Å². The van der Waals surface area contributed by atoms with E-state index in [0.29, 0.717) is 12.2 Å². The average molecular weight is 451 g/mol. The van der Waals surface area contributed by atoms with Gasteiger partial charge in [0.05, 0.1) is 19.0 Å². The van der Waals surface area contributed by atoms with Crippen LogP contribution in [0.1, 0.15) is 5.69 Å². The average Bonchev–Trinajstić information content (AvgIpc) is 2.83. The summed E-state index contributed by atoms with van der Waals surface area (Å²) >= 11 is 0. The molecule has 1 aliphatic rings. The summed E-state index contributed by atoms with van der Waals surface area (Å²) in [7, 11) is 1.42. The minimum Gasteiger partial charge on any atom is -0.491 e. The molecule has 0 unspecified atom stereocenters. The lowest BCUT2D eigenvalue weighted by Crippen LogP contribution is -2.46. The second-order valence-corrected chi connectivity index (χ2v) is 7.95. The largest absolute Gasteiger partial charge is 0.491 e. The molecule has 1 fully saturated rings. The lowest BCUT2D eigenvalue weighted by atomic mass is 10.2. The summed E-state index contributed by atoms with van der Waals surface area (Å²) in [6.45, 7) is 3.86. The first-order chi connectivity index (χ1) is 16.0. The van der Waals surface area contributed by atoms with Gasteiger partial charge >= 0.3 is 0 Å². The van der Waals surface area contributed by atoms with Gasteiger partial charge in [-0.3, -0.25) is 14.5 Å². The fourth-order valence-corrected chi connectivity index (χ4v) is 3.97. The number of rotatable bonds is 7. The molecule has 0 atom stereocenters. The molecule has 1 amide bonds. The van der Waals surface area contributed by atoms with Crippen molar-refractivity contribution in [1.29, 1.82) is 0 Å². The highest BCUT2D eigenvalue weighted by molar-refractivity contribution is 5.90. The number of para-hydroxylation sites is 2. The maximum atomic E-state index is 13.9. The van der Waals surface area contributed by atoms with Gasteiger partial charge in [-0.25, -0.2) is 4.39 Å². The van der Waals surface area contributed by atoms with Gasteiger partial charge in [-0.05, 0) is 24.3 Å². The molecule has 33 heavy (non-hydrogen) atoms. The molecule has 8 heteroatoms. The standard InChI is InChI=1S/C25H27FN4O3/c1-33-24-17-30(18-25(32)27-22-10-6-5-9-21(22)26)20(15-23(24)31)16-28-11-13-29(14-12-28)19-7-3-2-4-8-19/h2-10,15,17H,11-14,16,18H2,1H3,(H,27,32). The number of pyridine rings is 1. The van der Waals surface area contributed by atoms with E-state index in [1.54, 1.807) is 22.9 Å². The van der Waals surface area contributed by atoms with Gasteiger partial charge in [-0.2, -0.15) is 0 Å². The highest BCUT2D eigenvalue weighted by Crippen LogP contribution is 2.18. The molecule has 1 aromatic heterocycles. The Hall–Kier alpha value is -3.65. The topological polar surface area (TPSA) is 66.8 Å². The zero-order valence-corrected chi connectivity index (χ0v) is 18.5. The molecule has 0 saturated carbocycles. The smallest absolute Gasteiger partial charge is 0.244 e. The first-order valence-electron chi connectivity index (χ1n) is 10.9. The van der Waals surface area contributed by atoms with Crippen molar-refractivity contribution in [3.8, 4) is 5.75 Å². The normalized spacial score (nSPS) is 14.2. The maximum absolute atomic E-state index is 13.9. The molecule has 1 N–H and O–H groups in total. The third-order valence-corrected chi connectivity index (χ3v) is 5.74. The van der Waals surface area contributed by atoms with Gasteiger partial charge in [0.1, 0.15) is 12.4 Å². The highest BCUT2D eigenvalue weighted by Gasteiger charge is 2.20. The summed E-state index contributed by atoms with van der Waals surface area (Å²) in [5.41, 5.74) is 1.79. The van der Waals surface area contributed by atoms with Crippen LogP contribution in [-0.4, -0.2) is 48.7 Å². The first-order valence-corrected chi connectivity index (χ1v) is 10.9. The van der Waals surface area contributed by atoms with Crippen molar-refractivity contribution in [2.24, 2.45) is 0 Å². The molecule has 3 aromatic rings. The summed E-state index contributed by atoms with van der Waals surface area (Å²) in [6, 6.07) is 17.8. The number of piperazine rings is 1. The minimum absolute atomic E-state index is 0.0652. The SMILES string of the molecule is COc1cn(CC(=O)Nc2ccccc2F)c(CN2CCN(c3ccccc3)CC2)cc1=O. The van der Waals surface area contributed by atoms with Crippen LogP contribution in [0.4, 0.5) is 15.8 Å². The number of nitrogens with zero attached hydrogens (tertiary/aromatic N) is 3. The predicted molar refractivity (Wildman–Crippen MR) is 126 cm³/mol. The molecule has 0 radical (unpaired) electrons. The Bertz CT molecular complexity index is 1160. The number of benzene rings is 2. The second kappa shape index (κ2) is 10.3. The van der Waals surface area contributed by atoms with Crippen LogP contribution >= 0.6 is 0 Å². The van der Waals surface area contributed by atoms with E-state index in [9.17, 15) is 14.0 Å². The van der Waals surface area contributed by atoms with Crippen molar-refractivity contribution in [3.05, 3.63) is 88.6 Å². The summed E-state index contributed by atoms with van der Waals surface area (Å²) in [4.78, 5) is 29.6. The number of carbonyl (C=O) groups excluding carboxylic acids is 1. The van der Waals surface area contributed by atoms with Crippen molar-refractivity contribution in [2.75, 3.05) is 43.5 Å². The van der Waals surface area contributed by atoms with Gasteiger partial charge in [0.15, 0.2) is 5.75 Å². The Morgan fingerprint density at radius 3 is 2.42 bits per heavy atom. The monoisotopic (exact) mass is 450 g/mol. The lowest BCUT2D eigenvalue weighted by molar-refractivity contribution is -0.116. The zero-order valence-electron chi connectivity index (χ0n) is 18.5. The van der Waals surface area contributed by atoms with Crippen LogP contribution in [0.2, 0.25) is 0 Å². The van der Waals surface area contributed by atoms with Crippen LogP contribution in [0.3, 0.4) is 0 Å². The van der Waals surface area contributed by atoms with E-state index >= 15 is 0 Å². The number of carbonyl (C=O) groups is 1. The van der Waals surface area contributed by atoms with Gasteiger partial charge in [0.25, 0.3) is 0 Å². The number of aromatic nitrogens is 1. The van der Waals surface area contributed by atoms with E-state index in [4.69, 9.17) is 4.74 Å². The van der Waals surface area contributed by atoms with Crippen molar-refractivity contribution >= 4 is 17.3 Å². The van der Waals surface area contributed by atoms with E-state index in [0.717, 1.165) is 26.2 Å². The van der Waals surface area contributed by atoms with Crippen LogP contribution in [0, 0.1) is 5.82 Å². The maximum Gasteiger partial charge on any atom is 0.244 e. The van der Waals surface area contributed by atoms with E-state index < -0.39 is 5.82 Å². The fourth-order valence-electron chi connectivity index (χ4n) is 3.97. The number of halogens is 1. The Labute approximate surface area is 192 Å². The first kappa shape index (κ1) is 22.5. The van der Waals surface area contributed by atoms with Gasteiger partial charge < -0.3 is 19.5 Å². The third kappa shape index (κ3) is 5.59. The van der Waals surface area contributed by atoms with E-state index in [-0.39, 0.29) is 29.3 Å². The van der Waals surface area contributed by atoms with Crippen LogP contribution in [0.15, 0.2) is 71.7 Å². The number of anilines is 2. The summed E-state index contributed by atoms with van der Waals surface area (Å²) in [5, 5.41) is 2.59.